The molecule has 2 rings (SSSR count). The van der Waals surface area contributed by atoms with E-state index in [4.69, 9.17) is 0 Å². The fourth-order valence-electron chi connectivity index (χ4n) is 3.77. The number of hydrogen-bond donors (Lipinski definition) is 1. The van der Waals surface area contributed by atoms with Gasteiger partial charge in [0.15, 0.2) is 0 Å². The molecule has 2 aliphatic rings. The van der Waals surface area contributed by atoms with Crippen LogP contribution in [0.3, 0.4) is 0 Å². The van der Waals surface area contributed by atoms with Crippen molar-refractivity contribution in [3.8, 4) is 0 Å². The first-order valence-corrected chi connectivity index (χ1v) is 7.79. The predicted octanol–water partition coefficient (Wildman–Crippen LogP) is 3.03. The first-order valence-electron chi connectivity index (χ1n) is 7.79. The lowest BCUT2D eigenvalue weighted by Crippen LogP contribution is -2.41. The Labute approximate surface area is 107 Å². The summed E-state index contributed by atoms with van der Waals surface area (Å²) in [4.78, 5) is 2.82. The molecule has 2 fully saturated rings. The normalized spacial score (nSPS) is 31.4. The summed E-state index contributed by atoms with van der Waals surface area (Å²) in [7, 11) is 0. The van der Waals surface area contributed by atoms with Crippen LogP contribution in [0.25, 0.3) is 0 Å². The van der Waals surface area contributed by atoms with E-state index in [2.05, 4.69) is 24.1 Å². The zero-order chi connectivity index (χ0) is 12.1. The second kappa shape index (κ2) is 6.75. The molecule has 2 nitrogen and oxygen atoms in total. The van der Waals surface area contributed by atoms with Crippen molar-refractivity contribution in [1.29, 1.82) is 0 Å². The number of nitrogens with one attached hydrogen (secondary N) is 1. The molecular formula is C15H30N2. The van der Waals surface area contributed by atoms with Gasteiger partial charge in [-0.25, -0.2) is 0 Å². The number of fused-ring (bicyclic) bond motifs is 1. The van der Waals surface area contributed by atoms with Crippen molar-refractivity contribution in [3.63, 3.8) is 0 Å². The Hall–Kier alpha value is -0.0800. The maximum absolute atomic E-state index is 3.53. The summed E-state index contributed by atoms with van der Waals surface area (Å²) in [5.41, 5.74) is 0. The molecule has 1 heterocycles. The van der Waals surface area contributed by atoms with Crippen LogP contribution in [0.2, 0.25) is 0 Å². The molecule has 1 saturated heterocycles. The Morgan fingerprint density at radius 3 is 2.82 bits per heavy atom. The third kappa shape index (κ3) is 3.45. The van der Waals surface area contributed by atoms with Gasteiger partial charge in [0.1, 0.15) is 0 Å². The molecule has 0 amide bonds. The Morgan fingerprint density at radius 1 is 1.18 bits per heavy atom. The van der Waals surface area contributed by atoms with E-state index in [1.54, 1.807) is 0 Å². The quantitative estimate of drug-likeness (QED) is 0.716. The Bertz CT molecular complexity index is 217. The van der Waals surface area contributed by atoms with Crippen molar-refractivity contribution < 1.29 is 0 Å². The van der Waals surface area contributed by atoms with E-state index in [1.807, 2.05) is 0 Å². The topological polar surface area (TPSA) is 15.3 Å². The molecule has 1 aliphatic carbocycles. The zero-order valence-electron chi connectivity index (χ0n) is 11.8. The lowest BCUT2D eigenvalue weighted by atomic mass is 9.85. The molecule has 0 aromatic carbocycles. The molecule has 0 aromatic rings. The van der Waals surface area contributed by atoms with Crippen LogP contribution in [0, 0.1) is 5.92 Å². The highest BCUT2D eigenvalue weighted by atomic mass is 15.2. The van der Waals surface area contributed by atoms with Crippen LogP contribution >= 0.6 is 0 Å². The van der Waals surface area contributed by atoms with Crippen LogP contribution in [0.4, 0.5) is 0 Å². The Balaban J connectivity index is 1.73. The molecule has 0 aromatic heterocycles. The molecule has 0 radical (unpaired) electrons. The lowest BCUT2D eigenvalue weighted by Gasteiger charge is -2.35. The number of nitrogens with zero attached hydrogens (tertiary/aromatic N) is 1. The third-order valence-electron chi connectivity index (χ3n) is 4.78. The van der Waals surface area contributed by atoms with Gasteiger partial charge in [-0.1, -0.05) is 19.8 Å². The smallest absolute Gasteiger partial charge is 0.0127 e. The van der Waals surface area contributed by atoms with E-state index in [0.29, 0.717) is 0 Å². The van der Waals surface area contributed by atoms with Crippen LogP contribution < -0.4 is 5.32 Å². The molecular weight excluding hydrogens is 208 g/mol. The van der Waals surface area contributed by atoms with E-state index < -0.39 is 0 Å². The van der Waals surface area contributed by atoms with Crippen molar-refractivity contribution in [2.75, 3.05) is 19.6 Å². The molecule has 3 atom stereocenters. The largest absolute Gasteiger partial charge is 0.317 e. The first kappa shape index (κ1) is 13.4. The molecule has 100 valence electrons. The van der Waals surface area contributed by atoms with Crippen LogP contribution in [0.5, 0.6) is 0 Å². The van der Waals surface area contributed by atoms with Gasteiger partial charge >= 0.3 is 0 Å². The molecule has 1 N–H and O–H groups in total. The van der Waals surface area contributed by atoms with Gasteiger partial charge in [0.2, 0.25) is 0 Å². The van der Waals surface area contributed by atoms with E-state index in [0.717, 1.165) is 18.0 Å². The molecule has 0 bridgehead atoms. The molecule has 1 saturated carbocycles. The number of rotatable bonds is 6. The van der Waals surface area contributed by atoms with Crippen LogP contribution in [0.15, 0.2) is 0 Å². The van der Waals surface area contributed by atoms with E-state index >= 15 is 0 Å². The van der Waals surface area contributed by atoms with Crippen LogP contribution in [-0.2, 0) is 0 Å². The molecule has 3 unspecified atom stereocenters. The maximum Gasteiger partial charge on any atom is 0.0127 e. The predicted molar refractivity (Wildman–Crippen MR) is 74.3 cm³/mol. The van der Waals surface area contributed by atoms with E-state index in [9.17, 15) is 0 Å². The monoisotopic (exact) mass is 238 g/mol. The first-order chi connectivity index (χ1) is 8.33. The van der Waals surface area contributed by atoms with Gasteiger partial charge in [-0.15, -0.1) is 0 Å². The summed E-state index contributed by atoms with van der Waals surface area (Å²) in [6.07, 6.45) is 9.97. The minimum Gasteiger partial charge on any atom is -0.317 e. The standard InChI is InChI=1S/C15H30N2/c1-3-10-16-11-8-13(2)17-12-9-14-6-4-5-7-15(14)17/h13-16H,3-12H2,1-2H3. The summed E-state index contributed by atoms with van der Waals surface area (Å²) in [6.45, 7) is 8.42. The minimum absolute atomic E-state index is 0.785. The maximum atomic E-state index is 3.53. The minimum atomic E-state index is 0.785. The van der Waals surface area contributed by atoms with Gasteiger partial charge in [0.05, 0.1) is 0 Å². The van der Waals surface area contributed by atoms with Gasteiger partial charge in [0.25, 0.3) is 0 Å². The highest BCUT2D eigenvalue weighted by Gasteiger charge is 2.37. The lowest BCUT2D eigenvalue weighted by molar-refractivity contribution is 0.135. The Morgan fingerprint density at radius 2 is 2.00 bits per heavy atom. The third-order valence-corrected chi connectivity index (χ3v) is 4.78. The van der Waals surface area contributed by atoms with Crippen molar-refractivity contribution in [2.45, 2.75) is 70.9 Å². The summed E-state index contributed by atoms with van der Waals surface area (Å²) in [6, 6.07) is 1.72. The summed E-state index contributed by atoms with van der Waals surface area (Å²) < 4.78 is 0. The number of likely N-dealkylation sites (tertiary alicyclic amines) is 1. The van der Waals surface area contributed by atoms with Crippen LogP contribution in [0.1, 0.15) is 58.8 Å². The van der Waals surface area contributed by atoms with Crippen LogP contribution in [-0.4, -0.2) is 36.6 Å². The van der Waals surface area contributed by atoms with E-state index in [1.165, 1.54) is 64.6 Å². The van der Waals surface area contributed by atoms with Gasteiger partial charge in [-0.05, 0) is 64.6 Å². The van der Waals surface area contributed by atoms with Crippen molar-refractivity contribution in [1.82, 2.24) is 10.2 Å². The average Bonchev–Trinajstić information content (AvgIpc) is 2.78. The van der Waals surface area contributed by atoms with E-state index in [-0.39, 0.29) is 0 Å². The number of hydrogen-bond acceptors (Lipinski definition) is 2. The van der Waals surface area contributed by atoms with Gasteiger partial charge < -0.3 is 5.32 Å². The van der Waals surface area contributed by atoms with Crippen molar-refractivity contribution in [2.24, 2.45) is 5.92 Å². The highest BCUT2D eigenvalue weighted by molar-refractivity contribution is 4.91. The summed E-state index contributed by atoms with van der Waals surface area (Å²) in [5, 5.41) is 3.53. The summed E-state index contributed by atoms with van der Waals surface area (Å²) in [5.74, 6) is 1.04. The molecule has 17 heavy (non-hydrogen) atoms. The highest BCUT2D eigenvalue weighted by Crippen LogP contribution is 2.37. The molecule has 0 spiro atoms. The Kier molecular flexibility index (Phi) is 5.30. The zero-order valence-corrected chi connectivity index (χ0v) is 11.8. The van der Waals surface area contributed by atoms with Gasteiger partial charge in [-0.2, -0.15) is 0 Å². The second-order valence-corrected chi connectivity index (χ2v) is 6.03. The summed E-state index contributed by atoms with van der Waals surface area (Å²) >= 11 is 0. The SMILES string of the molecule is CCCNCCC(C)N1CCC2CCCCC21. The molecule has 1 aliphatic heterocycles. The fraction of sp³-hybridized carbons (Fsp3) is 1.00. The van der Waals surface area contributed by atoms with Crippen molar-refractivity contribution in [3.05, 3.63) is 0 Å². The second-order valence-electron chi connectivity index (χ2n) is 6.03. The fourth-order valence-corrected chi connectivity index (χ4v) is 3.77. The molecule has 2 heteroatoms. The van der Waals surface area contributed by atoms with Gasteiger partial charge in [0, 0.05) is 12.1 Å². The van der Waals surface area contributed by atoms with Crippen molar-refractivity contribution >= 4 is 0 Å². The van der Waals surface area contributed by atoms with Gasteiger partial charge in [-0.3, -0.25) is 4.90 Å². The average molecular weight is 238 g/mol.